The van der Waals surface area contributed by atoms with E-state index < -0.39 is 12.1 Å². The Hall–Kier alpha value is -1.77. The minimum absolute atomic E-state index is 0.172. The van der Waals surface area contributed by atoms with Gasteiger partial charge < -0.3 is 15.0 Å². The fourth-order valence-corrected chi connectivity index (χ4v) is 1.86. The first-order chi connectivity index (χ1) is 9.35. The highest BCUT2D eigenvalue weighted by Gasteiger charge is 2.27. The largest absolute Gasteiger partial charge is 0.453 e. The molecule has 0 aromatic rings. The van der Waals surface area contributed by atoms with Gasteiger partial charge in [0.15, 0.2) is 0 Å². The third-order valence-corrected chi connectivity index (χ3v) is 2.89. The van der Waals surface area contributed by atoms with Gasteiger partial charge >= 0.3 is 6.09 Å². The molecule has 0 aliphatic heterocycles. The van der Waals surface area contributed by atoms with Gasteiger partial charge in [-0.05, 0) is 26.2 Å². The van der Waals surface area contributed by atoms with E-state index in [0.29, 0.717) is 19.5 Å². The molecule has 0 saturated carbocycles. The van der Waals surface area contributed by atoms with E-state index in [4.69, 9.17) is 5.26 Å². The van der Waals surface area contributed by atoms with Crippen molar-refractivity contribution < 1.29 is 14.3 Å². The van der Waals surface area contributed by atoms with Gasteiger partial charge in [-0.2, -0.15) is 5.26 Å². The normalized spacial score (nSPS) is 13.2. The number of carbonyl (C=O) groups is 2. The Morgan fingerprint density at radius 3 is 2.35 bits per heavy atom. The molecule has 6 nitrogen and oxygen atoms in total. The highest BCUT2D eigenvalue weighted by atomic mass is 16.5. The van der Waals surface area contributed by atoms with Crippen LogP contribution in [0.25, 0.3) is 0 Å². The summed E-state index contributed by atoms with van der Waals surface area (Å²) >= 11 is 0. The van der Waals surface area contributed by atoms with Crippen molar-refractivity contribution in [2.75, 3.05) is 20.2 Å². The van der Waals surface area contributed by atoms with Gasteiger partial charge in [0.05, 0.1) is 19.1 Å². The Balaban J connectivity index is 4.88. The molecule has 0 saturated heterocycles. The molecule has 0 aliphatic carbocycles. The molecule has 2 atom stereocenters. The number of nitrogens with one attached hydrogen (secondary N) is 1. The van der Waals surface area contributed by atoms with Crippen molar-refractivity contribution in [1.82, 2.24) is 10.2 Å². The number of likely N-dealkylation sites (N-methyl/N-ethyl adjacent to an activating group) is 1. The predicted molar refractivity (Wildman–Crippen MR) is 75.8 cm³/mol. The van der Waals surface area contributed by atoms with Crippen molar-refractivity contribution in [1.29, 1.82) is 5.26 Å². The number of methoxy groups -OCH3 is 1. The summed E-state index contributed by atoms with van der Waals surface area (Å²) in [6.45, 7) is 8.44. The molecule has 0 heterocycles. The number of rotatable bonds is 7. The molecular formula is C14H25N3O3. The molecule has 0 radical (unpaired) electrons. The highest BCUT2D eigenvalue weighted by molar-refractivity contribution is 5.85. The number of amides is 2. The number of nitriles is 1. The van der Waals surface area contributed by atoms with Gasteiger partial charge in [-0.3, -0.25) is 4.79 Å². The smallest absolute Gasteiger partial charge is 0.407 e. The van der Waals surface area contributed by atoms with Crippen LogP contribution in [0.5, 0.6) is 0 Å². The van der Waals surface area contributed by atoms with Crippen molar-refractivity contribution >= 4 is 12.0 Å². The lowest BCUT2D eigenvalue weighted by atomic mass is 10.0. The SMILES string of the molecule is CCN(C[C@@H](C)C#N)C(=O)[C@@H](CC(C)C)NC(=O)OC. The highest BCUT2D eigenvalue weighted by Crippen LogP contribution is 2.10. The van der Waals surface area contributed by atoms with Gasteiger partial charge in [-0.25, -0.2) is 4.79 Å². The standard InChI is InChI=1S/C14H25N3O3/c1-6-17(9-11(4)8-15)13(18)12(7-10(2)3)16-14(19)20-5/h10-12H,6-7,9H2,1-5H3,(H,16,19)/t11-,12+/m0/s1. The Bertz CT molecular complexity index is 363. The molecule has 0 spiro atoms. The third kappa shape index (κ3) is 6.41. The van der Waals surface area contributed by atoms with Crippen LogP contribution in [0, 0.1) is 23.2 Å². The van der Waals surface area contributed by atoms with E-state index in [1.54, 1.807) is 11.8 Å². The summed E-state index contributed by atoms with van der Waals surface area (Å²) < 4.78 is 4.55. The minimum Gasteiger partial charge on any atom is -0.453 e. The van der Waals surface area contributed by atoms with E-state index in [0.717, 1.165) is 0 Å². The zero-order valence-electron chi connectivity index (χ0n) is 13.0. The van der Waals surface area contributed by atoms with Gasteiger partial charge in [0, 0.05) is 13.1 Å². The fraction of sp³-hybridized carbons (Fsp3) is 0.786. The summed E-state index contributed by atoms with van der Waals surface area (Å²) in [5.41, 5.74) is 0. The van der Waals surface area contributed by atoms with Crippen molar-refractivity contribution in [2.24, 2.45) is 11.8 Å². The monoisotopic (exact) mass is 283 g/mol. The molecule has 0 aromatic carbocycles. The van der Waals surface area contributed by atoms with Crippen LogP contribution in [0.2, 0.25) is 0 Å². The number of hydrogen-bond donors (Lipinski definition) is 1. The Morgan fingerprint density at radius 2 is 1.95 bits per heavy atom. The molecule has 0 unspecified atom stereocenters. The van der Waals surface area contributed by atoms with E-state index in [1.165, 1.54) is 7.11 Å². The number of alkyl carbamates (subject to hydrolysis) is 1. The zero-order valence-corrected chi connectivity index (χ0v) is 13.0. The van der Waals surface area contributed by atoms with Gasteiger partial charge in [0.2, 0.25) is 5.91 Å². The first-order valence-electron chi connectivity index (χ1n) is 6.88. The molecule has 0 fully saturated rings. The minimum atomic E-state index is -0.617. The second-order valence-corrected chi connectivity index (χ2v) is 5.23. The lowest BCUT2D eigenvalue weighted by Gasteiger charge is -2.28. The van der Waals surface area contributed by atoms with Crippen LogP contribution in [0.15, 0.2) is 0 Å². The molecule has 1 N–H and O–H groups in total. The summed E-state index contributed by atoms with van der Waals surface area (Å²) in [5.74, 6) is -0.154. The lowest BCUT2D eigenvalue weighted by Crippen LogP contribution is -2.50. The number of carbonyl (C=O) groups excluding carboxylic acids is 2. The molecule has 0 aliphatic rings. The summed E-state index contributed by atoms with van der Waals surface area (Å²) in [5, 5.41) is 11.4. The number of nitrogens with zero attached hydrogens (tertiary/aromatic N) is 2. The maximum atomic E-state index is 12.5. The fourth-order valence-electron chi connectivity index (χ4n) is 1.86. The van der Waals surface area contributed by atoms with Gasteiger partial charge in [-0.15, -0.1) is 0 Å². The summed E-state index contributed by atoms with van der Waals surface area (Å²) in [4.78, 5) is 25.4. The molecule has 0 bridgehead atoms. The van der Waals surface area contributed by atoms with Crippen LogP contribution in [0.1, 0.15) is 34.1 Å². The number of ether oxygens (including phenoxy) is 1. The first-order valence-corrected chi connectivity index (χ1v) is 6.88. The average Bonchev–Trinajstić information content (AvgIpc) is 2.42. The zero-order chi connectivity index (χ0) is 15.7. The molecule has 114 valence electrons. The van der Waals surface area contributed by atoms with Crippen LogP contribution in [-0.4, -0.2) is 43.1 Å². The van der Waals surface area contributed by atoms with Crippen LogP contribution < -0.4 is 5.32 Å². The van der Waals surface area contributed by atoms with Crippen molar-refractivity contribution in [3.63, 3.8) is 0 Å². The molecule has 0 rings (SSSR count). The molecule has 20 heavy (non-hydrogen) atoms. The first kappa shape index (κ1) is 18.2. The topological polar surface area (TPSA) is 82.4 Å². The van der Waals surface area contributed by atoms with Crippen LogP contribution in [0.4, 0.5) is 4.79 Å². The predicted octanol–water partition coefficient (Wildman–Crippen LogP) is 1.77. The van der Waals surface area contributed by atoms with Crippen molar-refractivity contribution in [3.05, 3.63) is 0 Å². The second-order valence-electron chi connectivity index (χ2n) is 5.23. The molecule has 2 amide bonds. The van der Waals surface area contributed by atoms with Crippen LogP contribution >= 0.6 is 0 Å². The van der Waals surface area contributed by atoms with Gasteiger partial charge in [-0.1, -0.05) is 13.8 Å². The number of hydrogen-bond acceptors (Lipinski definition) is 4. The third-order valence-electron chi connectivity index (χ3n) is 2.89. The Morgan fingerprint density at radius 1 is 1.35 bits per heavy atom. The Labute approximate surface area is 121 Å². The maximum absolute atomic E-state index is 12.5. The van der Waals surface area contributed by atoms with E-state index in [1.807, 2.05) is 20.8 Å². The van der Waals surface area contributed by atoms with Crippen LogP contribution in [0.3, 0.4) is 0 Å². The Kier molecular flexibility index (Phi) is 8.37. The summed E-state index contributed by atoms with van der Waals surface area (Å²) in [6, 6.07) is 1.49. The molecular weight excluding hydrogens is 258 g/mol. The van der Waals surface area contributed by atoms with Crippen molar-refractivity contribution in [2.45, 2.75) is 40.2 Å². The second kappa shape index (κ2) is 9.18. The average molecular weight is 283 g/mol. The van der Waals surface area contributed by atoms with E-state index in [9.17, 15) is 9.59 Å². The van der Waals surface area contributed by atoms with E-state index in [-0.39, 0.29) is 17.7 Å². The lowest BCUT2D eigenvalue weighted by molar-refractivity contribution is -0.133. The maximum Gasteiger partial charge on any atom is 0.407 e. The quantitative estimate of drug-likeness (QED) is 0.772. The summed E-state index contributed by atoms with van der Waals surface area (Å²) in [7, 11) is 1.27. The van der Waals surface area contributed by atoms with Gasteiger partial charge in [0.25, 0.3) is 0 Å². The molecule has 6 heteroatoms. The summed E-state index contributed by atoms with van der Waals surface area (Å²) in [6.07, 6.45) is -0.0841. The van der Waals surface area contributed by atoms with Gasteiger partial charge in [0.1, 0.15) is 6.04 Å². The molecule has 0 aromatic heterocycles. The van der Waals surface area contributed by atoms with Crippen LogP contribution in [-0.2, 0) is 9.53 Å². The van der Waals surface area contributed by atoms with E-state index >= 15 is 0 Å². The van der Waals surface area contributed by atoms with Crippen molar-refractivity contribution in [3.8, 4) is 6.07 Å². The van der Waals surface area contributed by atoms with E-state index in [2.05, 4.69) is 16.1 Å².